The number of carboxylic acid groups (broad SMARTS) is 2. The molecule has 0 N–H and O–H groups in total. The molecule has 0 unspecified atom stereocenters. The molecule has 4 nitrogen and oxygen atoms in total. The number of hydrogen-bond donors (Lipinski definition) is 0. The Morgan fingerprint density at radius 3 is 1.26 bits per heavy atom. The Bertz CT molecular complexity index is 646. The first-order valence-electron chi connectivity index (χ1n) is 6.37. The fraction of sp³-hybridized carbons (Fsp3) is 0. The molecule has 0 aromatic heterocycles. The molecular formula is C18H14NiO4. The molecule has 0 atom stereocenters. The Morgan fingerprint density at radius 1 is 0.739 bits per heavy atom. The molecule has 0 spiro atoms. The number of benzene rings is 2. The quantitative estimate of drug-likeness (QED) is 0.778. The van der Waals surface area contributed by atoms with Crippen molar-refractivity contribution in [1.29, 1.82) is 0 Å². The number of hydrogen-bond acceptors (Lipinski definition) is 4. The monoisotopic (exact) mass is 352 g/mol. The van der Waals surface area contributed by atoms with Gasteiger partial charge in [0.25, 0.3) is 0 Å². The van der Waals surface area contributed by atoms with Crippen LogP contribution in [0.1, 0.15) is 31.8 Å². The van der Waals surface area contributed by atoms with E-state index in [0.717, 1.165) is 0 Å². The van der Waals surface area contributed by atoms with Crippen molar-refractivity contribution in [2.75, 3.05) is 0 Å². The molecule has 5 heteroatoms. The van der Waals surface area contributed by atoms with Gasteiger partial charge in [0.05, 0.1) is 11.9 Å². The summed E-state index contributed by atoms with van der Waals surface area (Å²) in [6, 6.07) is 13.2. The Labute approximate surface area is 144 Å². The second-order valence-corrected chi connectivity index (χ2v) is 4.16. The molecule has 0 aliphatic heterocycles. The van der Waals surface area contributed by atoms with Crippen LogP contribution < -0.4 is 10.2 Å². The third kappa shape index (κ3) is 5.93. The standard InChI is InChI=1S/2C9H8O2.Ni/c2*1-2-7-5-3-4-6-8(7)9(10)11;/h2*2-6H,1H2,(H,10,11);/q;;+2/p-2. The van der Waals surface area contributed by atoms with E-state index in [1.165, 1.54) is 24.3 Å². The summed E-state index contributed by atoms with van der Waals surface area (Å²) < 4.78 is 0. The van der Waals surface area contributed by atoms with Gasteiger partial charge in [0, 0.05) is 11.1 Å². The van der Waals surface area contributed by atoms with Crippen LogP contribution in [0.2, 0.25) is 0 Å². The third-order valence-electron chi connectivity index (χ3n) is 2.80. The van der Waals surface area contributed by atoms with E-state index in [1.54, 1.807) is 36.4 Å². The molecule has 0 heterocycles. The maximum absolute atomic E-state index is 10.4. The molecular weight excluding hydrogens is 339 g/mol. The zero-order valence-corrected chi connectivity index (χ0v) is 13.1. The molecule has 2 rings (SSSR count). The van der Waals surface area contributed by atoms with Crippen molar-refractivity contribution < 1.29 is 36.3 Å². The number of carbonyl (C=O) groups excluding carboxylic acids is 2. The van der Waals surface area contributed by atoms with Crippen LogP contribution in [0, 0.1) is 0 Å². The zero-order valence-electron chi connectivity index (χ0n) is 12.1. The van der Waals surface area contributed by atoms with Gasteiger partial charge in [-0.2, -0.15) is 0 Å². The SMILES string of the molecule is C=Cc1ccccc1C(=O)[O-].C=Cc1ccccc1C(=O)[O-].[Ni+2]. The largest absolute Gasteiger partial charge is 2.00 e. The number of rotatable bonds is 4. The maximum atomic E-state index is 10.4. The Kier molecular flexibility index (Phi) is 8.97. The van der Waals surface area contributed by atoms with E-state index >= 15 is 0 Å². The zero-order chi connectivity index (χ0) is 16.5. The van der Waals surface area contributed by atoms with Gasteiger partial charge in [-0.15, -0.1) is 0 Å². The van der Waals surface area contributed by atoms with Crippen LogP contribution in [0.25, 0.3) is 12.2 Å². The van der Waals surface area contributed by atoms with Crippen LogP contribution in [0.3, 0.4) is 0 Å². The normalized spacial score (nSPS) is 8.70. The average molecular weight is 353 g/mol. The van der Waals surface area contributed by atoms with Gasteiger partial charge in [0.15, 0.2) is 0 Å². The summed E-state index contributed by atoms with van der Waals surface area (Å²) in [5.74, 6) is -2.33. The minimum absolute atomic E-state index is 0. The fourth-order valence-corrected chi connectivity index (χ4v) is 1.72. The van der Waals surface area contributed by atoms with Crippen molar-refractivity contribution in [3.05, 3.63) is 83.9 Å². The van der Waals surface area contributed by atoms with Crippen molar-refractivity contribution in [2.45, 2.75) is 0 Å². The van der Waals surface area contributed by atoms with E-state index in [2.05, 4.69) is 13.2 Å². The van der Waals surface area contributed by atoms with Crippen LogP contribution in [0.4, 0.5) is 0 Å². The smallest absolute Gasteiger partial charge is 0.545 e. The summed E-state index contributed by atoms with van der Waals surface area (Å²) in [7, 11) is 0. The summed E-state index contributed by atoms with van der Waals surface area (Å²) in [5.41, 5.74) is 1.55. The fourth-order valence-electron chi connectivity index (χ4n) is 1.72. The second kappa shape index (κ2) is 10.1. The summed E-state index contributed by atoms with van der Waals surface area (Å²) in [6.07, 6.45) is 2.98. The van der Waals surface area contributed by atoms with E-state index in [9.17, 15) is 19.8 Å². The van der Waals surface area contributed by atoms with Crippen LogP contribution >= 0.6 is 0 Å². The minimum Gasteiger partial charge on any atom is -0.545 e. The number of aromatic carboxylic acids is 2. The van der Waals surface area contributed by atoms with Gasteiger partial charge in [-0.25, -0.2) is 0 Å². The van der Waals surface area contributed by atoms with Gasteiger partial charge >= 0.3 is 16.5 Å². The molecule has 2 aromatic carbocycles. The molecule has 0 saturated carbocycles. The molecule has 0 bridgehead atoms. The van der Waals surface area contributed by atoms with Crippen molar-refractivity contribution >= 4 is 24.1 Å². The van der Waals surface area contributed by atoms with E-state index < -0.39 is 11.9 Å². The average Bonchev–Trinajstić information content (AvgIpc) is 2.55. The summed E-state index contributed by atoms with van der Waals surface area (Å²) >= 11 is 0. The molecule has 23 heavy (non-hydrogen) atoms. The van der Waals surface area contributed by atoms with Gasteiger partial charge in [-0.3, -0.25) is 0 Å². The van der Waals surface area contributed by atoms with E-state index in [0.29, 0.717) is 11.1 Å². The van der Waals surface area contributed by atoms with Crippen LogP contribution in [-0.2, 0) is 16.5 Å². The molecule has 120 valence electrons. The molecule has 0 saturated heterocycles. The van der Waals surface area contributed by atoms with E-state index in [4.69, 9.17) is 0 Å². The van der Waals surface area contributed by atoms with Gasteiger partial charge < -0.3 is 19.8 Å². The predicted molar refractivity (Wildman–Crippen MR) is 81.7 cm³/mol. The van der Waals surface area contributed by atoms with Crippen LogP contribution in [0.5, 0.6) is 0 Å². The van der Waals surface area contributed by atoms with Gasteiger partial charge in [0.1, 0.15) is 0 Å². The first-order chi connectivity index (χ1) is 10.5. The van der Waals surface area contributed by atoms with Crippen molar-refractivity contribution in [3.63, 3.8) is 0 Å². The maximum Gasteiger partial charge on any atom is 2.00 e. The Balaban J connectivity index is 0.000000403. The molecule has 0 fully saturated rings. The summed E-state index contributed by atoms with van der Waals surface area (Å²) in [4.78, 5) is 20.8. The van der Waals surface area contributed by atoms with Gasteiger partial charge in [-0.05, 0) is 11.1 Å². The van der Waals surface area contributed by atoms with Crippen molar-refractivity contribution in [2.24, 2.45) is 0 Å². The molecule has 0 aliphatic rings. The Hall–Kier alpha value is -2.65. The van der Waals surface area contributed by atoms with Crippen molar-refractivity contribution in [3.8, 4) is 0 Å². The predicted octanol–water partition coefficient (Wildman–Crippen LogP) is 1.38. The van der Waals surface area contributed by atoms with E-state index in [1.807, 2.05) is 0 Å². The minimum atomic E-state index is -1.17. The molecule has 0 amide bonds. The number of carbonyl (C=O) groups is 2. The first-order valence-corrected chi connectivity index (χ1v) is 6.37. The second-order valence-electron chi connectivity index (χ2n) is 4.16. The first kappa shape index (κ1) is 20.4. The molecule has 2 aromatic rings. The van der Waals surface area contributed by atoms with Crippen LogP contribution in [-0.4, -0.2) is 11.9 Å². The van der Waals surface area contributed by atoms with Gasteiger partial charge in [-0.1, -0.05) is 73.8 Å². The summed E-state index contributed by atoms with van der Waals surface area (Å²) in [5, 5.41) is 20.8. The van der Waals surface area contributed by atoms with E-state index in [-0.39, 0.29) is 27.6 Å². The van der Waals surface area contributed by atoms with Crippen molar-refractivity contribution in [1.82, 2.24) is 0 Å². The summed E-state index contributed by atoms with van der Waals surface area (Å²) in [6.45, 7) is 6.97. The molecule has 0 aliphatic carbocycles. The number of carboxylic acids is 2. The Morgan fingerprint density at radius 2 is 1.04 bits per heavy atom. The third-order valence-corrected chi connectivity index (χ3v) is 2.80. The molecule has 0 radical (unpaired) electrons. The van der Waals surface area contributed by atoms with Crippen LogP contribution in [0.15, 0.2) is 61.7 Å². The van der Waals surface area contributed by atoms with Gasteiger partial charge in [0.2, 0.25) is 0 Å². The topological polar surface area (TPSA) is 80.3 Å².